The van der Waals surface area contributed by atoms with E-state index in [-0.39, 0.29) is 5.91 Å². The van der Waals surface area contributed by atoms with Crippen molar-refractivity contribution >= 4 is 17.3 Å². The number of anilines is 1. The lowest BCUT2D eigenvalue weighted by Gasteiger charge is -2.29. The molecule has 0 saturated carbocycles. The van der Waals surface area contributed by atoms with Crippen LogP contribution in [-0.4, -0.2) is 37.9 Å². The molecule has 1 aromatic carbocycles. The van der Waals surface area contributed by atoms with E-state index in [0.29, 0.717) is 0 Å². The Balaban J connectivity index is 1.81. The zero-order valence-electron chi connectivity index (χ0n) is 11.8. The van der Waals surface area contributed by atoms with E-state index in [9.17, 15) is 4.79 Å². The van der Waals surface area contributed by atoms with Gasteiger partial charge in [0.15, 0.2) is 0 Å². The Hall–Kier alpha value is -1.88. The molecule has 2 heterocycles. The van der Waals surface area contributed by atoms with Crippen LogP contribution in [0, 0.1) is 5.41 Å². The molecule has 1 saturated heterocycles. The van der Waals surface area contributed by atoms with Crippen LogP contribution in [0.5, 0.6) is 0 Å². The van der Waals surface area contributed by atoms with Crippen molar-refractivity contribution < 1.29 is 9.53 Å². The Kier molecular flexibility index (Phi) is 3.22. The van der Waals surface area contributed by atoms with Gasteiger partial charge in [0.2, 0.25) is 0 Å². The van der Waals surface area contributed by atoms with Crippen molar-refractivity contribution in [3.8, 4) is 0 Å². The second kappa shape index (κ2) is 4.90. The van der Waals surface area contributed by atoms with Gasteiger partial charge in [-0.3, -0.25) is 4.79 Å². The maximum absolute atomic E-state index is 11.7. The van der Waals surface area contributed by atoms with Gasteiger partial charge in [0, 0.05) is 18.8 Å². The minimum atomic E-state index is -0.569. The number of rotatable bonds is 2. The molecule has 0 unspecified atom stereocenters. The summed E-state index contributed by atoms with van der Waals surface area (Å²) in [5.74, 6) is -0.0512. The Morgan fingerprint density at radius 2 is 1.85 bits per heavy atom. The first-order chi connectivity index (χ1) is 9.59. The highest BCUT2D eigenvalue weighted by molar-refractivity contribution is 6.19. The van der Waals surface area contributed by atoms with Gasteiger partial charge >= 0.3 is 0 Å². The van der Waals surface area contributed by atoms with Crippen molar-refractivity contribution in [3.05, 3.63) is 29.8 Å². The second-order valence-corrected chi connectivity index (χ2v) is 5.67. The molecule has 0 radical (unpaired) electrons. The second-order valence-electron chi connectivity index (χ2n) is 5.67. The van der Waals surface area contributed by atoms with Crippen LogP contribution in [0.25, 0.3) is 0 Å². The third-order valence-corrected chi connectivity index (χ3v) is 3.95. The Morgan fingerprint density at radius 3 is 2.40 bits per heavy atom. The molecule has 1 amide bonds. The number of hydrogen-bond donors (Lipinski definition) is 1. The summed E-state index contributed by atoms with van der Waals surface area (Å²) in [5, 5.41) is 4.17. The third kappa shape index (κ3) is 2.18. The summed E-state index contributed by atoms with van der Waals surface area (Å²) in [6, 6.07) is 8.24. The molecular formula is C15H19N3O2. The van der Waals surface area contributed by atoms with E-state index in [1.165, 1.54) is 5.69 Å². The smallest absolute Gasteiger partial charge is 0.251 e. The molecule has 0 spiro atoms. The van der Waals surface area contributed by atoms with Gasteiger partial charge in [-0.15, -0.1) is 0 Å². The van der Waals surface area contributed by atoms with Crippen LogP contribution in [0.1, 0.15) is 19.4 Å². The number of carbonyl (C=O) groups is 1. The van der Waals surface area contributed by atoms with Crippen LogP contribution in [-0.2, 0) is 9.53 Å². The maximum Gasteiger partial charge on any atom is 0.251 e. The van der Waals surface area contributed by atoms with Crippen LogP contribution < -0.4 is 10.3 Å². The fourth-order valence-electron chi connectivity index (χ4n) is 2.57. The summed E-state index contributed by atoms with van der Waals surface area (Å²) in [4.78, 5) is 14.0. The first kappa shape index (κ1) is 13.1. The van der Waals surface area contributed by atoms with Crippen molar-refractivity contribution in [2.45, 2.75) is 13.8 Å². The Bertz CT molecular complexity index is 543. The van der Waals surface area contributed by atoms with E-state index in [1.54, 1.807) is 0 Å². The molecule has 0 atom stereocenters. The van der Waals surface area contributed by atoms with Gasteiger partial charge in [0.1, 0.15) is 0 Å². The lowest BCUT2D eigenvalue weighted by molar-refractivity contribution is -0.125. The van der Waals surface area contributed by atoms with Crippen LogP contribution in [0.3, 0.4) is 0 Å². The average Bonchev–Trinajstić information content (AvgIpc) is 2.74. The van der Waals surface area contributed by atoms with Crippen LogP contribution in [0.4, 0.5) is 5.69 Å². The van der Waals surface area contributed by atoms with Gasteiger partial charge in [-0.1, -0.05) is 12.1 Å². The lowest BCUT2D eigenvalue weighted by Crippen LogP contribution is -2.36. The summed E-state index contributed by atoms with van der Waals surface area (Å²) in [7, 11) is 0. The molecule has 2 aliphatic heterocycles. The van der Waals surface area contributed by atoms with Crippen LogP contribution >= 0.6 is 0 Å². The normalized spacial score (nSPS) is 21.6. The van der Waals surface area contributed by atoms with E-state index >= 15 is 0 Å². The predicted octanol–water partition coefficient (Wildman–Crippen LogP) is 1.38. The van der Waals surface area contributed by atoms with Gasteiger partial charge in [-0.2, -0.15) is 5.10 Å². The van der Waals surface area contributed by atoms with E-state index in [1.807, 2.05) is 26.0 Å². The number of amides is 1. The van der Waals surface area contributed by atoms with E-state index in [0.717, 1.165) is 37.6 Å². The highest BCUT2D eigenvalue weighted by Gasteiger charge is 2.39. The van der Waals surface area contributed by atoms with E-state index in [4.69, 9.17) is 4.74 Å². The number of hydrazone groups is 1. The van der Waals surface area contributed by atoms with Crippen LogP contribution in [0.15, 0.2) is 29.4 Å². The summed E-state index contributed by atoms with van der Waals surface area (Å²) in [5.41, 5.74) is 4.97. The minimum absolute atomic E-state index is 0.0512. The van der Waals surface area contributed by atoms with Gasteiger partial charge in [-0.05, 0) is 31.5 Å². The Morgan fingerprint density at radius 1 is 1.20 bits per heavy atom. The molecule has 1 aromatic rings. The zero-order chi connectivity index (χ0) is 14.2. The van der Waals surface area contributed by atoms with E-state index < -0.39 is 5.41 Å². The topological polar surface area (TPSA) is 53.9 Å². The SMILES string of the molecule is CC1(C)C(=O)NN=C1c1ccc(N2CCOCC2)cc1. The van der Waals surface area contributed by atoms with Crippen molar-refractivity contribution in [2.24, 2.45) is 10.5 Å². The molecule has 2 aliphatic rings. The first-order valence-corrected chi connectivity index (χ1v) is 6.91. The zero-order valence-corrected chi connectivity index (χ0v) is 11.8. The van der Waals surface area contributed by atoms with Gasteiger partial charge in [-0.25, -0.2) is 5.43 Å². The van der Waals surface area contributed by atoms with Gasteiger partial charge in [0.25, 0.3) is 5.91 Å². The molecule has 0 aliphatic carbocycles. The fraction of sp³-hybridized carbons (Fsp3) is 0.467. The van der Waals surface area contributed by atoms with Crippen molar-refractivity contribution in [3.63, 3.8) is 0 Å². The number of hydrogen-bond acceptors (Lipinski definition) is 4. The van der Waals surface area contributed by atoms with Crippen molar-refractivity contribution in [1.29, 1.82) is 0 Å². The average molecular weight is 273 g/mol. The number of carbonyl (C=O) groups excluding carboxylic acids is 1. The number of benzene rings is 1. The van der Waals surface area contributed by atoms with E-state index in [2.05, 4.69) is 27.6 Å². The number of ether oxygens (including phenoxy) is 1. The minimum Gasteiger partial charge on any atom is -0.378 e. The molecule has 20 heavy (non-hydrogen) atoms. The quantitative estimate of drug-likeness (QED) is 0.885. The predicted molar refractivity (Wildman–Crippen MR) is 77.9 cm³/mol. The Labute approximate surface area is 118 Å². The largest absolute Gasteiger partial charge is 0.378 e. The molecule has 3 rings (SSSR count). The molecule has 0 aromatic heterocycles. The molecule has 106 valence electrons. The standard InChI is InChI=1S/C15H19N3O2/c1-15(2)13(16-17-14(15)19)11-3-5-12(6-4-11)18-7-9-20-10-8-18/h3-6H,7-10H2,1-2H3,(H,17,19). The van der Waals surface area contributed by atoms with Crippen molar-refractivity contribution in [2.75, 3.05) is 31.2 Å². The highest BCUT2D eigenvalue weighted by atomic mass is 16.5. The number of morpholine rings is 1. The monoisotopic (exact) mass is 273 g/mol. The highest BCUT2D eigenvalue weighted by Crippen LogP contribution is 2.28. The lowest BCUT2D eigenvalue weighted by atomic mass is 9.84. The molecule has 1 N–H and O–H groups in total. The summed E-state index contributed by atoms with van der Waals surface area (Å²) in [6.45, 7) is 7.19. The van der Waals surface area contributed by atoms with Gasteiger partial charge in [0.05, 0.1) is 24.3 Å². The summed E-state index contributed by atoms with van der Waals surface area (Å²) >= 11 is 0. The number of nitrogens with zero attached hydrogens (tertiary/aromatic N) is 2. The number of nitrogens with one attached hydrogen (secondary N) is 1. The van der Waals surface area contributed by atoms with Crippen molar-refractivity contribution in [1.82, 2.24) is 5.43 Å². The summed E-state index contributed by atoms with van der Waals surface area (Å²) < 4.78 is 5.36. The fourth-order valence-corrected chi connectivity index (χ4v) is 2.57. The van der Waals surface area contributed by atoms with Crippen LogP contribution in [0.2, 0.25) is 0 Å². The molecule has 5 nitrogen and oxygen atoms in total. The third-order valence-electron chi connectivity index (χ3n) is 3.95. The molecular weight excluding hydrogens is 254 g/mol. The molecule has 0 bridgehead atoms. The summed E-state index contributed by atoms with van der Waals surface area (Å²) in [6.07, 6.45) is 0. The molecule has 5 heteroatoms. The molecule has 1 fully saturated rings. The van der Waals surface area contributed by atoms with Gasteiger partial charge < -0.3 is 9.64 Å². The first-order valence-electron chi connectivity index (χ1n) is 6.91. The maximum atomic E-state index is 11.7.